The van der Waals surface area contributed by atoms with Crippen LogP contribution in [0.1, 0.15) is 46.5 Å². The first-order chi connectivity index (χ1) is 10.0. The molecular formula is C17H23NO3. The largest absolute Gasteiger partial charge is 0.300 e. The van der Waals surface area contributed by atoms with Crippen molar-refractivity contribution in [2.45, 2.75) is 46.5 Å². The summed E-state index contributed by atoms with van der Waals surface area (Å²) in [6.07, 6.45) is 2.80. The Balaban J connectivity index is 0.000000315. The molecule has 4 nitrogen and oxygen atoms in total. The summed E-state index contributed by atoms with van der Waals surface area (Å²) < 4.78 is 0. The fourth-order valence-corrected chi connectivity index (χ4v) is 2.21. The van der Waals surface area contributed by atoms with Crippen LogP contribution in [0.4, 0.5) is 5.69 Å². The highest BCUT2D eigenvalue weighted by molar-refractivity contribution is 6.20. The van der Waals surface area contributed by atoms with Gasteiger partial charge in [0.2, 0.25) is 11.8 Å². The molecule has 0 N–H and O–H groups in total. The third-order valence-corrected chi connectivity index (χ3v) is 3.35. The minimum Gasteiger partial charge on any atom is -0.300 e. The fourth-order valence-electron chi connectivity index (χ4n) is 2.21. The second kappa shape index (κ2) is 8.35. The van der Waals surface area contributed by atoms with Gasteiger partial charge in [-0.2, -0.15) is 0 Å². The lowest BCUT2D eigenvalue weighted by atomic mass is 10.1. The van der Waals surface area contributed by atoms with Crippen molar-refractivity contribution in [1.29, 1.82) is 0 Å². The van der Waals surface area contributed by atoms with E-state index >= 15 is 0 Å². The van der Waals surface area contributed by atoms with Crippen LogP contribution in [0.3, 0.4) is 0 Å². The SMILES string of the molecule is CCC1CC(=O)N(c2ccccc2)C1=O.CCCC(C)=O. The number of imide groups is 1. The highest BCUT2D eigenvalue weighted by atomic mass is 16.2. The van der Waals surface area contributed by atoms with E-state index in [9.17, 15) is 14.4 Å². The van der Waals surface area contributed by atoms with Gasteiger partial charge in [-0.25, -0.2) is 0 Å². The second-order valence-corrected chi connectivity index (χ2v) is 5.16. The Hall–Kier alpha value is -1.97. The summed E-state index contributed by atoms with van der Waals surface area (Å²) in [5.74, 6) is 0.0157. The summed E-state index contributed by atoms with van der Waals surface area (Å²) in [6, 6.07) is 9.10. The summed E-state index contributed by atoms with van der Waals surface area (Å²) in [7, 11) is 0. The molecule has 1 aliphatic heterocycles. The first-order valence-corrected chi connectivity index (χ1v) is 7.42. The molecule has 0 bridgehead atoms. The maximum absolute atomic E-state index is 11.9. The Labute approximate surface area is 126 Å². The molecule has 1 heterocycles. The quantitative estimate of drug-likeness (QED) is 0.799. The van der Waals surface area contributed by atoms with Gasteiger partial charge in [0.05, 0.1) is 5.69 Å². The van der Waals surface area contributed by atoms with E-state index in [1.165, 1.54) is 4.90 Å². The van der Waals surface area contributed by atoms with Crippen LogP contribution in [0.5, 0.6) is 0 Å². The summed E-state index contributed by atoms with van der Waals surface area (Å²) in [5, 5.41) is 0. The van der Waals surface area contributed by atoms with Crippen molar-refractivity contribution in [2.75, 3.05) is 4.90 Å². The average molecular weight is 289 g/mol. The van der Waals surface area contributed by atoms with Crippen molar-refractivity contribution in [1.82, 2.24) is 0 Å². The highest BCUT2D eigenvalue weighted by Crippen LogP contribution is 2.27. The van der Waals surface area contributed by atoms with Gasteiger partial charge in [-0.3, -0.25) is 14.5 Å². The molecule has 1 aromatic rings. The zero-order chi connectivity index (χ0) is 15.8. The van der Waals surface area contributed by atoms with Crippen LogP contribution in [-0.4, -0.2) is 17.6 Å². The van der Waals surface area contributed by atoms with Gasteiger partial charge in [-0.05, 0) is 31.9 Å². The third-order valence-electron chi connectivity index (χ3n) is 3.35. The zero-order valence-corrected chi connectivity index (χ0v) is 13.0. The minimum absolute atomic E-state index is 0.0614. The van der Waals surface area contributed by atoms with E-state index in [-0.39, 0.29) is 23.5 Å². The van der Waals surface area contributed by atoms with Crippen molar-refractivity contribution in [2.24, 2.45) is 5.92 Å². The number of nitrogens with zero attached hydrogens (tertiary/aromatic N) is 1. The number of anilines is 1. The first-order valence-electron chi connectivity index (χ1n) is 7.42. The molecule has 0 radical (unpaired) electrons. The van der Waals surface area contributed by atoms with Gasteiger partial charge in [0.1, 0.15) is 5.78 Å². The Morgan fingerprint density at radius 1 is 1.19 bits per heavy atom. The van der Waals surface area contributed by atoms with E-state index in [1.807, 2.05) is 32.0 Å². The highest BCUT2D eigenvalue weighted by Gasteiger charge is 2.37. The van der Waals surface area contributed by atoms with Gasteiger partial charge in [0.25, 0.3) is 0 Å². The van der Waals surface area contributed by atoms with Crippen LogP contribution < -0.4 is 4.90 Å². The number of Topliss-reactive ketones (excluding diaryl/α,β-unsaturated/α-hetero) is 1. The van der Waals surface area contributed by atoms with Gasteiger partial charge in [0, 0.05) is 18.8 Å². The normalized spacial score (nSPS) is 17.5. The molecule has 114 valence electrons. The molecule has 21 heavy (non-hydrogen) atoms. The van der Waals surface area contributed by atoms with Crippen molar-refractivity contribution >= 4 is 23.3 Å². The van der Waals surface area contributed by atoms with Crippen LogP contribution >= 0.6 is 0 Å². The van der Waals surface area contributed by atoms with E-state index in [0.29, 0.717) is 12.1 Å². The Morgan fingerprint density at radius 2 is 1.81 bits per heavy atom. The van der Waals surface area contributed by atoms with Gasteiger partial charge in [-0.15, -0.1) is 0 Å². The van der Waals surface area contributed by atoms with Gasteiger partial charge in [0.15, 0.2) is 0 Å². The predicted octanol–water partition coefficient (Wildman–Crippen LogP) is 3.35. The third kappa shape index (κ3) is 4.81. The zero-order valence-electron chi connectivity index (χ0n) is 13.0. The molecule has 0 aliphatic carbocycles. The van der Waals surface area contributed by atoms with Gasteiger partial charge >= 0.3 is 0 Å². The topological polar surface area (TPSA) is 54.5 Å². The molecular weight excluding hydrogens is 266 g/mol. The Kier molecular flexibility index (Phi) is 6.79. The van der Waals surface area contributed by atoms with Crippen LogP contribution in [-0.2, 0) is 14.4 Å². The second-order valence-electron chi connectivity index (χ2n) is 5.16. The van der Waals surface area contributed by atoms with Crippen molar-refractivity contribution in [3.63, 3.8) is 0 Å². The van der Waals surface area contributed by atoms with E-state index in [4.69, 9.17) is 0 Å². The van der Waals surface area contributed by atoms with Crippen LogP contribution in [0.15, 0.2) is 30.3 Å². The number of rotatable bonds is 4. The first kappa shape index (κ1) is 17.1. The fraction of sp³-hybridized carbons (Fsp3) is 0.471. The van der Waals surface area contributed by atoms with E-state index in [0.717, 1.165) is 19.3 Å². The molecule has 1 fully saturated rings. The molecule has 4 heteroatoms. The lowest BCUT2D eigenvalue weighted by molar-refractivity contribution is -0.122. The van der Waals surface area contributed by atoms with Crippen molar-refractivity contribution < 1.29 is 14.4 Å². The Bertz CT molecular complexity index is 496. The molecule has 0 aromatic heterocycles. The molecule has 1 aromatic carbocycles. The van der Waals surface area contributed by atoms with Crippen molar-refractivity contribution in [3.8, 4) is 0 Å². The molecule has 0 spiro atoms. The summed E-state index contributed by atoms with van der Waals surface area (Å²) in [4.78, 5) is 34.9. The van der Waals surface area contributed by atoms with Crippen LogP contribution in [0, 0.1) is 5.92 Å². The molecule has 1 atom stereocenters. The molecule has 0 saturated carbocycles. The van der Waals surface area contributed by atoms with E-state index < -0.39 is 0 Å². The lowest BCUT2D eigenvalue weighted by Crippen LogP contribution is -2.30. The molecule has 2 rings (SSSR count). The number of benzene rings is 1. The summed E-state index contributed by atoms with van der Waals surface area (Å²) in [6.45, 7) is 5.55. The van der Waals surface area contributed by atoms with E-state index in [1.54, 1.807) is 19.1 Å². The van der Waals surface area contributed by atoms with E-state index in [2.05, 4.69) is 0 Å². The maximum atomic E-state index is 11.9. The average Bonchev–Trinajstić information content (AvgIpc) is 2.75. The number of hydrogen-bond acceptors (Lipinski definition) is 3. The monoisotopic (exact) mass is 289 g/mol. The minimum atomic E-state index is -0.127. The lowest BCUT2D eigenvalue weighted by Gasteiger charge is -2.14. The standard InChI is InChI=1S/C12H13NO2.C5H10O/c1-2-9-8-11(14)13(12(9)15)10-6-4-3-5-7-10;1-3-4-5(2)6/h3-7,9H,2,8H2,1H3;3-4H2,1-2H3. The molecule has 1 aliphatic rings. The van der Waals surface area contributed by atoms with Gasteiger partial charge in [-0.1, -0.05) is 32.0 Å². The molecule has 1 saturated heterocycles. The molecule has 2 amide bonds. The summed E-state index contributed by atoms with van der Waals surface area (Å²) in [5.41, 5.74) is 0.684. The Morgan fingerprint density at radius 3 is 2.19 bits per heavy atom. The van der Waals surface area contributed by atoms with Crippen molar-refractivity contribution in [3.05, 3.63) is 30.3 Å². The van der Waals surface area contributed by atoms with Gasteiger partial charge < -0.3 is 4.79 Å². The smallest absolute Gasteiger partial charge is 0.237 e. The number of ketones is 1. The number of hydrogen-bond donors (Lipinski definition) is 0. The van der Waals surface area contributed by atoms with Crippen LogP contribution in [0.2, 0.25) is 0 Å². The number of para-hydroxylation sites is 1. The molecule has 1 unspecified atom stereocenters. The number of carbonyl (C=O) groups excluding carboxylic acids is 3. The van der Waals surface area contributed by atoms with Crippen LogP contribution in [0.25, 0.3) is 0 Å². The maximum Gasteiger partial charge on any atom is 0.237 e. The predicted molar refractivity (Wildman–Crippen MR) is 82.9 cm³/mol. The number of amides is 2. The number of carbonyl (C=O) groups is 3. The summed E-state index contributed by atoms with van der Waals surface area (Å²) >= 11 is 0.